The number of fused-ring (bicyclic) bond motifs is 2. The van der Waals surface area contributed by atoms with Crippen LogP contribution in [0.5, 0.6) is 0 Å². The van der Waals surface area contributed by atoms with Gasteiger partial charge < -0.3 is 14.6 Å². The van der Waals surface area contributed by atoms with E-state index in [2.05, 4.69) is 15.5 Å². The van der Waals surface area contributed by atoms with Crippen LogP contribution in [-0.2, 0) is 4.74 Å². The normalized spacial score (nSPS) is 28.2. The summed E-state index contributed by atoms with van der Waals surface area (Å²) in [6, 6.07) is 7.47. The van der Waals surface area contributed by atoms with Crippen molar-refractivity contribution in [1.82, 2.24) is 15.5 Å². The van der Waals surface area contributed by atoms with Gasteiger partial charge in [-0.1, -0.05) is 5.16 Å². The Hall–Kier alpha value is -2.21. The maximum atomic E-state index is 12.4. The fourth-order valence-electron chi connectivity index (χ4n) is 3.67. The molecule has 1 N–H and O–H groups in total. The summed E-state index contributed by atoms with van der Waals surface area (Å²) in [6.07, 6.45) is 5.92. The lowest BCUT2D eigenvalue weighted by Gasteiger charge is -2.20. The van der Waals surface area contributed by atoms with Gasteiger partial charge in [0.2, 0.25) is 0 Å². The van der Waals surface area contributed by atoms with Gasteiger partial charge in [0.25, 0.3) is 11.8 Å². The van der Waals surface area contributed by atoms with Crippen molar-refractivity contribution in [2.75, 3.05) is 0 Å². The molecular formula is C18H19N3O3. The summed E-state index contributed by atoms with van der Waals surface area (Å²) in [5, 5.41) is 7.12. The van der Waals surface area contributed by atoms with Gasteiger partial charge in [-0.25, -0.2) is 0 Å². The molecule has 6 nitrogen and oxygen atoms in total. The van der Waals surface area contributed by atoms with Crippen molar-refractivity contribution in [2.24, 2.45) is 0 Å². The number of carbonyl (C=O) groups is 1. The number of amides is 1. The minimum absolute atomic E-state index is 0.0492. The average molecular weight is 325 g/mol. The first kappa shape index (κ1) is 14.2. The van der Waals surface area contributed by atoms with Crippen molar-refractivity contribution in [1.29, 1.82) is 0 Å². The van der Waals surface area contributed by atoms with Gasteiger partial charge in [0.05, 0.1) is 18.2 Å². The third kappa shape index (κ3) is 2.51. The molecule has 2 aromatic rings. The van der Waals surface area contributed by atoms with Gasteiger partial charge >= 0.3 is 0 Å². The SMILES string of the molecule is O=C(NC1CC2CCC1O2)c1ccc(-c2nc(C3CC3)no2)cc1. The summed E-state index contributed by atoms with van der Waals surface area (Å²) in [7, 11) is 0. The molecule has 3 atom stereocenters. The number of hydrogen-bond donors (Lipinski definition) is 1. The molecule has 0 spiro atoms. The van der Waals surface area contributed by atoms with E-state index < -0.39 is 0 Å². The standard InChI is InChI=1S/C18H19N3O3/c22-17(19-14-9-13-7-8-15(14)23-13)11-3-5-12(6-4-11)18-20-16(21-24-18)10-1-2-10/h3-6,10,13-15H,1-2,7-9H2,(H,19,22). The third-order valence-corrected chi connectivity index (χ3v) is 5.20. The van der Waals surface area contributed by atoms with Crippen LogP contribution in [0.2, 0.25) is 0 Å². The van der Waals surface area contributed by atoms with E-state index >= 15 is 0 Å². The van der Waals surface area contributed by atoms with Crippen molar-refractivity contribution >= 4 is 5.91 Å². The van der Waals surface area contributed by atoms with E-state index in [1.165, 1.54) is 0 Å². The van der Waals surface area contributed by atoms with Gasteiger partial charge in [-0.15, -0.1) is 0 Å². The molecule has 3 heterocycles. The van der Waals surface area contributed by atoms with Gasteiger partial charge in [-0.3, -0.25) is 4.79 Å². The van der Waals surface area contributed by atoms with Gasteiger partial charge in [0.15, 0.2) is 5.82 Å². The minimum Gasteiger partial charge on any atom is -0.373 e. The Morgan fingerprint density at radius 2 is 1.96 bits per heavy atom. The molecule has 24 heavy (non-hydrogen) atoms. The Labute approximate surface area is 139 Å². The van der Waals surface area contributed by atoms with Crippen molar-refractivity contribution in [3.8, 4) is 11.5 Å². The van der Waals surface area contributed by atoms with Crippen molar-refractivity contribution in [2.45, 2.75) is 56.3 Å². The first-order valence-corrected chi connectivity index (χ1v) is 8.66. The second-order valence-corrected chi connectivity index (χ2v) is 7.00. The van der Waals surface area contributed by atoms with Crippen LogP contribution in [0, 0.1) is 0 Å². The average Bonchev–Trinajstić information content (AvgIpc) is 3.03. The van der Waals surface area contributed by atoms with Crippen LogP contribution in [0.4, 0.5) is 0 Å². The number of nitrogens with zero attached hydrogens (tertiary/aromatic N) is 2. The fraction of sp³-hybridized carbons (Fsp3) is 0.500. The summed E-state index contributed by atoms with van der Waals surface area (Å²) in [4.78, 5) is 16.8. The molecule has 1 aliphatic carbocycles. The van der Waals surface area contributed by atoms with Crippen LogP contribution in [0.3, 0.4) is 0 Å². The van der Waals surface area contributed by atoms with E-state index in [0.717, 1.165) is 43.5 Å². The molecule has 6 heteroatoms. The van der Waals surface area contributed by atoms with E-state index in [9.17, 15) is 4.79 Å². The van der Waals surface area contributed by atoms with Gasteiger partial charge in [0.1, 0.15) is 0 Å². The van der Waals surface area contributed by atoms with E-state index in [-0.39, 0.29) is 18.1 Å². The Balaban J connectivity index is 1.27. The van der Waals surface area contributed by atoms with E-state index in [1.807, 2.05) is 12.1 Å². The molecule has 1 amide bonds. The minimum atomic E-state index is -0.0492. The quantitative estimate of drug-likeness (QED) is 0.935. The fourth-order valence-corrected chi connectivity index (χ4v) is 3.67. The summed E-state index contributed by atoms with van der Waals surface area (Å²) in [5.74, 6) is 1.73. The van der Waals surface area contributed by atoms with Crippen LogP contribution < -0.4 is 5.32 Å². The zero-order chi connectivity index (χ0) is 16.1. The number of nitrogens with one attached hydrogen (secondary N) is 1. The molecule has 124 valence electrons. The molecule has 2 aliphatic heterocycles. The summed E-state index contributed by atoms with van der Waals surface area (Å²) < 4.78 is 11.1. The maximum Gasteiger partial charge on any atom is 0.257 e. The van der Waals surface area contributed by atoms with Gasteiger partial charge in [-0.2, -0.15) is 4.98 Å². The molecular weight excluding hydrogens is 306 g/mol. The zero-order valence-electron chi connectivity index (χ0n) is 13.3. The third-order valence-electron chi connectivity index (χ3n) is 5.20. The van der Waals surface area contributed by atoms with Crippen molar-refractivity contribution in [3.63, 3.8) is 0 Å². The van der Waals surface area contributed by atoms with E-state index in [4.69, 9.17) is 9.26 Å². The number of aromatic nitrogens is 2. The maximum absolute atomic E-state index is 12.4. The number of hydrogen-bond acceptors (Lipinski definition) is 5. The Morgan fingerprint density at radius 3 is 2.62 bits per heavy atom. The molecule has 2 saturated heterocycles. The summed E-state index contributed by atoms with van der Waals surface area (Å²) in [5.41, 5.74) is 1.48. The number of carbonyl (C=O) groups excluding carboxylic acids is 1. The molecule has 3 unspecified atom stereocenters. The molecule has 2 bridgehead atoms. The highest BCUT2D eigenvalue weighted by molar-refractivity contribution is 5.94. The largest absolute Gasteiger partial charge is 0.373 e. The monoisotopic (exact) mass is 325 g/mol. The summed E-state index contributed by atoms with van der Waals surface area (Å²) in [6.45, 7) is 0. The van der Waals surface area contributed by atoms with Crippen LogP contribution >= 0.6 is 0 Å². The number of ether oxygens (including phenoxy) is 1. The van der Waals surface area contributed by atoms with Crippen LogP contribution in [0.1, 0.15) is 54.2 Å². The van der Waals surface area contributed by atoms with E-state index in [0.29, 0.717) is 23.5 Å². The van der Waals surface area contributed by atoms with Crippen molar-refractivity contribution < 1.29 is 14.1 Å². The van der Waals surface area contributed by atoms with Crippen molar-refractivity contribution in [3.05, 3.63) is 35.7 Å². The second kappa shape index (κ2) is 5.41. The Bertz CT molecular complexity index is 766. The second-order valence-electron chi connectivity index (χ2n) is 7.00. The number of benzene rings is 1. The first-order valence-electron chi connectivity index (χ1n) is 8.66. The predicted molar refractivity (Wildman–Crippen MR) is 85.5 cm³/mol. The van der Waals surface area contributed by atoms with Gasteiger partial charge in [0, 0.05) is 17.0 Å². The molecule has 3 fully saturated rings. The van der Waals surface area contributed by atoms with Crippen LogP contribution in [0.15, 0.2) is 28.8 Å². The smallest absolute Gasteiger partial charge is 0.257 e. The van der Waals surface area contributed by atoms with Crippen LogP contribution in [0.25, 0.3) is 11.5 Å². The molecule has 0 radical (unpaired) electrons. The van der Waals surface area contributed by atoms with E-state index in [1.54, 1.807) is 12.1 Å². The lowest BCUT2D eigenvalue weighted by atomic mass is 9.95. The molecule has 3 aliphatic rings. The van der Waals surface area contributed by atoms with Crippen LogP contribution in [-0.4, -0.2) is 34.3 Å². The predicted octanol–water partition coefficient (Wildman–Crippen LogP) is 2.66. The highest BCUT2D eigenvalue weighted by Crippen LogP contribution is 2.39. The number of rotatable bonds is 4. The Morgan fingerprint density at radius 1 is 1.12 bits per heavy atom. The summed E-state index contributed by atoms with van der Waals surface area (Å²) >= 11 is 0. The Kier molecular flexibility index (Phi) is 3.19. The lowest BCUT2D eigenvalue weighted by molar-refractivity contribution is 0.0841. The molecule has 5 rings (SSSR count). The highest BCUT2D eigenvalue weighted by Gasteiger charge is 2.41. The molecule has 1 aromatic carbocycles. The molecule has 1 aromatic heterocycles. The topological polar surface area (TPSA) is 77.2 Å². The first-order chi connectivity index (χ1) is 11.8. The van der Waals surface area contributed by atoms with Gasteiger partial charge in [-0.05, 0) is 56.4 Å². The lowest BCUT2D eigenvalue weighted by Crippen LogP contribution is -2.41. The zero-order valence-corrected chi connectivity index (χ0v) is 13.3. The highest BCUT2D eigenvalue weighted by atomic mass is 16.5. The molecule has 1 saturated carbocycles.